The lowest BCUT2D eigenvalue weighted by Crippen LogP contribution is -2.33. The fraction of sp³-hybridized carbons (Fsp3) is 0.571. The van der Waals surface area contributed by atoms with Crippen molar-refractivity contribution in [3.8, 4) is 0 Å². The van der Waals surface area contributed by atoms with Crippen molar-refractivity contribution in [3.63, 3.8) is 0 Å². The lowest BCUT2D eigenvalue weighted by atomic mass is 9.96. The highest BCUT2D eigenvalue weighted by Crippen LogP contribution is 2.13. The van der Waals surface area contributed by atoms with Crippen molar-refractivity contribution in [2.45, 2.75) is 25.0 Å². The van der Waals surface area contributed by atoms with Gasteiger partial charge in [-0.1, -0.05) is 12.1 Å². The van der Waals surface area contributed by atoms with E-state index in [0.29, 0.717) is 18.0 Å². The molecule has 0 spiro atoms. The van der Waals surface area contributed by atoms with Crippen molar-refractivity contribution < 1.29 is 12.8 Å². The Labute approximate surface area is 132 Å². The van der Waals surface area contributed by atoms with E-state index in [1.165, 1.54) is 24.3 Å². The minimum absolute atomic E-state index is 0. The van der Waals surface area contributed by atoms with Gasteiger partial charge in [0.25, 0.3) is 0 Å². The second-order valence-electron chi connectivity index (χ2n) is 5.28. The van der Waals surface area contributed by atoms with Gasteiger partial charge in [-0.25, -0.2) is 17.5 Å². The van der Waals surface area contributed by atoms with Crippen molar-refractivity contribution in [3.05, 3.63) is 35.6 Å². The number of benzene rings is 1. The lowest BCUT2D eigenvalue weighted by Gasteiger charge is -2.22. The van der Waals surface area contributed by atoms with Gasteiger partial charge in [0.05, 0.1) is 5.75 Å². The van der Waals surface area contributed by atoms with Crippen LogP contribution in [0.5, 0.6) is 0 Å². The molecule has 0 radical (unpaired) electrons. The quantitative estimate of drug-likeness (QED) is 0.836. The van der Waals surface area contributed by atoms with Crippen LogP contribution in [0.15, 0.2) is 24.3 Å². The van der Waals surface area contributed by atoms with E-state index < -0.39 is 10.0 Å². The number of halogens is 2. The van der Waals surface area contributed by atoms with Gasteiger partial charge in [-0.05, 0) is 56.0 Å². The first-order valence-corrected chi connectivity index (χ1v) is 8.63. The maximum atomic E-state index is 12.8. The molecule has 1 heterocycles. The molecule has 2 rings (SSSR count). The van der Waals surface area contributed by atoms with E-state index in [9.17, 15) is 12.8 Å². The smallest absolute Gasteiger partial charge is 0.215 e. The Kier molecular flexibility index (Phi) is 7.59. The van der Waals surface area contributed by atoms with Crippen LogP contribution in [0.4, 0.5) is 4.39 Å². The number of sulfonamides is 1. The standard InChI is InChI=1S/C14H21FN2O2S.ClH/c15-14-5-3-13(4-6-14)11-20(18,19)17-9-7-12-2-1-8-16-10-12;/h3-6,12,16-17H,1-2,7-11H2;1H. The summed E-state index contributed by atoms with van der Waals surface area (Å²) in [5.41, 5.74) is 0.596. The average Bonchev–Trinajstić information content (AvgIpc) is 2.42. The molecule has 1 aromatic rings. The summed E-state index contributed by atoms with van der Waals surface area (Å²) >= 11 is 0. The minimum atomic E-state index is -3.34. The second-order valence-corrected chi connectivity index (χ2v) is 7.09. The van der Waals surface area contributed by atoms with Crippen molar-refractivity contribution in [2.75, 3.05) is 19.6 Å². The third kappa shape index (κ3) is 6.74. The molecule has 1 aromatic carbocycles. The summed E-state index contributed by atoms with van der Waals surface area (Å²) in [6.07, 6.45) is 3.18. The van der Waals surface area contributed by atoms with Gasteiger partial charge < -0.3 is 5.32 Å². The predicted molar refractivity (Wildman–Crippen MR) is 84.5 cm³/mol. The van der Waals surface area contributed by atoms with Crippen LogP contribution in [0.1, 0.15) is 24.8 Å². The molecule has 1 unspecified atom stereocenters. The first-order chi connectivity index (χ1) is 9.55. The van der Waals surface area contributed by atoms with Gasteiger partial charge in [0.2, 0.25) is 10.0 Å². The molecule has 0 amide bonds. The van der Waals surface area contributed by atoms with Gasteiger partial charge in [-0.2, -0.15) is 0 Å². The van der Waals surface area contributed by atoms with Crippen LogP contribution in [-0.2, 0) is 15.8 Å². The number of piperidine rings is 1. The number of nitrogens with one attached hydrogen (secondary N) is 2. The first kappa shape index (κ1) is 18.4. The summed E-state index contributed by atoms with van der Waals surface area (Å²) in [7, 11) is -3.34. The molecule has 0 aliphatic carbocycles. The minimum Gasteiger partial charge on any atom is -0.316 e. The van der Waals surface area contributed by atoms with E-state index in [2.05, 4.69) is 10.0 Å². The summed E-state index contributed by atoms with van der Waals surface area (Å²) in [4.78, 5) is 0. The normalized spacial score (nSPS) is 19.0. The van der Waals surface area contributed by atoms with Crippen LogP contribution in [0.3, 0.4) is 0 Å². The molecule has 0 aromatic heterocycles. The Bertz CT molecular complexity index is 516. The molecule has 1 aliphatic heterocycles. The highest BCUT2D eigenvalue weighted by Gasteiger charge is 2.15. The summed E-state index contributed by atoms with van der Waals surface area (Å²) < 4.78 is 39.2. The van der Waals surface area contributed by atoms with Gasteiger partial charge in [-0.15, -0.1) is 12.4 Å². The third-order valence-corrected chi connectivity index (χ3v) is 4.90. The molecule has 21 heavy (non-hydrogen) atoms. The molecule has 1 saturated heterocycles. The largest absolute Gasteiger partial charge is 0.316 e. The van der Waals surface area contributed by atoms with Crippen molar-refractivity contribution in [1.29, 1.82) is 0 Å². The van der Waals surface area contributed by atoms with E-state index >= 15 is 0 Å². The molecular weight excluding hydrogens is 315 g/mol. The maximum absolute atomic E-state index is 12.8. The molecule has 1 fully saturated rings. The third-order valence-electron chi connectivity index (χ3n) is 3.54. The fourth-order valence-corrected chi connectivity index (χ4v) is 3.60. The first-order valence-electron chi connectivity index (χ1n) is 6.98. The molecule has 1 aliphatic rings. The molecule has 1 atom stereocenters. The maximum Gasteiger partial charge on any atom is 0.215 e. The van der Waals surface area contributed by atoms with E-state index in [-0.39, 0.29) is 24.0 Å². The Hall–Kier alpha value is -0.690. The van der Waals surface area contributed by atoms with Gasteiger partial charge in [0, 0.05) is 6.54 Å². The SMILES string of the molecule is Cl.O=S(=O)(Cc1ccc(F)cc1)NCCC1CCCNC1. The number of hydrogen-bond donors (Lipinski definition) is 2. The molecule has 2 N–H and O–H groups in total. The van der Waals surface area contributed by atoms with Crippen LogP contribution in [0, 0.1) is 11.7 Å². The molecule has 120 valence electrons. The molecular formula is C14H22ClFN2O2S. The average molecular weight is 337 g/mol. The van der Waals surface area contributed by atoms with Gasteiger partial charge in [0.15, 0.2) is 0 Å². The topological polar surface area (TPSA) is 58.2 Å². The zero-order valence-corrected chi connectivity index (χ0v) is 13.5. The number of hydrogen-bond acceptors (Lipinski definition) is 3. The van der Waals surface area contributed by atoms with E-state index in [1.807, 2.05) is 0 Å². The Balaban J connectivity index is 0.00000220. The van der Waals surface area contributed by atoms with Crippen LogP contribution >= 0.6 is 12.4 Å². The van der Waals surface area contributed by atoms with E-state index in [0.717, 1.165) is 32.4 Å². The molecule has 0 bridgehead atoms. The van der Waals surface area contributed by atoms with E-state index in [1.54, 1.807) is 0 Å². The van der Waals surface area contributed by atoms with Crippen LogP contribution in [0.25, 0.3) is 0 Å². The summed E-state index contributed by atoms with van der Waals surface area (Å²) in [5.74, 6) is 0.0945. The van der Waals surface area contributed by atoms with Crippen LogP contribution < -0.4 is 10.0 Å². The summed E-state index contributed by atoms with van der Waals surface area (Å²) in [6.45, 7) is 2.50. The zero-order chi connectivity index (χ0) is 14.4. The monoisotopic (exact) mass is 336 g/mol. The Morgan fingerprint density at radius 2 is 2.00 bits per heavy atom. The summed E-state index contributed by atoms with van der Waals surface area (Å²) in [6, 6.07) is 5.55. The van der Waals surface area contributed by atoms with Crippen molar-refractivity contribution in [1.82, 2.24) is 10.0 Å². The van der Waals surface area contributed by atoms with Gasteiger partial charge in [-0.3, -0.25) is 0 Å². The van der Waals surface area contributed by atoms with Crippen molar-refractivity contribution in [2.24, 2.45) is 5.92 Å². The predicted octanol–water partition coefficient (Wildman–Crippen LogP) is 2.06. The van der Waals surface area contributed by atoms with Gasteiger partial charge >= 0.3 is 0 Å². The van der Waals surface area contributed by atoms with E-state index in [4.69, 9.17) is 0 Å². The van der Waals surface area contributed by atoms with Crippen LogP contribution in [0.2, 0.25) is 0 Å². The highest BCUT2D eigenvalue weighted by atomic mass is 35.5. The number of rotatable bonds is 6. The second kappa shape index (κ2) is 8.68. The molecule has 4 nitrogen and oxygen atoms in total. The lowest BCUT2D eigenvalue weighted by molar-refractivity contribution is 0.358. The zero-order valence-electron chi connectivity index (χ0n) is 11.8. The van der Waals surface area contributed by atoms with Crippen molar-refractivity contribution >= 4 is 22.4 Å². The highest BCUT2D eigenvalue weighted by molar-refractivity contribution is 7.88. The Morgan fingerprint density at radius 3 is 2.62 bits per heavy atom. The van der Waals surface area contributed by atoms with Gasteiger partial charge in [0.1, 0.15) is 5.82 Å². The molecule has 0 saturated carbocycles. The Morgan fingerprint density at radius 1 is 1.29 bits per heavy atom. The van der Waals surface area contributed by atoms with Crippen LogP contribution in [-0.4, -0.2) is 28.1 Å². The molecule has 7 heteroatoms. The fourth-order valence-electron chi connectivity index (χ4n) is 2.44. The summed E-state index contributed by atoms with van der Waals surface area (Å²) in [5, 5.41) is 3.31.